The first-order valence-corrected chi connectivity index (χ1v) is 6.09. The minimum absolute atomic E-state index is 0.862. The Morgan fingerprint density at radius 1 is 1.47 bits per heavy atom. The number of imidazole rings is 1. The molecule has 0 aliphatic carbocycles. The lowest BCUT2D eigenvalue weighted by Crippen LogP contribution is -2.28. The van der Waals surface area contributed by atoms with Crippen LogP contribution in [0.4, 0.5) is 0 Å². The van der Waals surface area contributed by atoms with Crippen LogP contribution in [0.3, 0.4) is 0 Å². The molecule has 5 nitrogen and oxygen atoms in total. The maximum absolute atomic E-state index is 4.49. The molecule has 1 N–H and O–H groups in total. The van der Waals surface area contributed by atoms with Crippen molar-refractivity contribution in [1.29, 1.82) is 0 Å². The summed E-state index contributed by atoms with van der Waals surface area (Å²) >= 11 is 0. The monoisotopic (exact) mass is 231 g/mol. The Morgan fingerprint density at radius 2 is 2.35 bits per heavy atom. The zero-order chi connectivity index (χ0) is 11.8. The topological polar surface area (TPSA) is 47.7 Å². The van der Waals surface area contributed by atoms with Gasteiger partial charge < -0.3 is 9.88 Å². The normalized spacial score (nSPS) is 14.9. The third-order valence-corrected chi connectivity index (χ3v) is 3.28. The summed E-state index contributed by atoms with van der Waals surface area (Å²) in [5.74, 6) is 1.12. The molecule has 17 heavy (non-hydrogen) atoms. The molecule has 0 saturated heterocycles. The van der Waals surface area contributed by atoms with Crippen LogP contribution in [0.5, 0.6) is 0 Å². The first-order chi connectivity index (χ1) is 8.29. The van der Waals surface area contributed by atoms with E-state index in [1.54, 1.807) is 0 Å². The predicted molar refractivity (Wildman–Crippen MR) is 65.6 cm³/mol. The summed E-state index contributed by atoms with van der Waals surface area (Å²) in [7, 11) is 0. The highest BCUT2D eigenvalue weighted by atomic mass is 15.3. The maximum Gasteiger partial charge on any atom is 0.123 e. The summed E-state index contributed by atoms with van der Waals surface area (Å²) < 4.78 is 4.27. The van der Waals surface area contributed by atoms with Gasteiger partial charge in [0.2, 0.25) is 0 Å². The van der Waals surface area contributed by atoms with Gasteiger partial charge in [-0.15, -0.1) is 0 Å². The van der Waals surface area contributed by atoms with Gasteiger partial charge in [-0.05, 0) is 13.8 Å². The molecule has 3 heterocycles. The van der Waals surface area contributed by atoms with E-state index in [1.807, 2.05) is 10.9 Å². The van der Waals surface area contributed by atoms with Crippen LogP contribution < -0.4 is 5.32 Å². The van der Waals surface area contributed by atoms with Crippen LogP contribution in [-0.4, -0.2) is 25.9 Å². The van der Waals surface area contributed by atoms with Crippen molar-refractivity contribution >= 4 is 0 Å². The van der Waals surface area contributed by atoms with Crippen molar-refractivity contribution in [3.05, 3.63) is 23.9 Å². The molecule has 0 unspecified atom stereocenters. The Hall–Kier alpha value is -1.62. The van der Waals surface area contributed by atoms with E-state index in [9.17, 15) is 0 Å². The van der Waals surface area contributed by atoms with Crippen molar-refractivity contribution in [2.45, 2.75) is 33.5 Å². The number of nitrogens with zero attached hydrogens (tertiary/aromatic N) is 4. The van der Waals surface area contributed by atoms with E-state index in [4.69, 9.17) is 0 Å². The van der Waals surface area contributed by atoms with Gasteiger partial charge in [0.05, 0.1) is 24.1 Å². The second-order valence-corrected chi connectivity index (χ2v) is 4.37. The van der Waals surface area contributed by atoms with Gasteiger partial charge in [-0.2, -0.15) is 5.10 Å². The average molecular weight is 231 g/mol. The van der Waals surface area contributed by atoms with E-state index >= 15 is 0 Å². The molecule has 0 amide bonds. The summed E-state index contributed by atoms with van der Waals surface area (Å²) in [6, 6.07) is 0. The smallest absolute Gasteiger partial charge is 0.123 e. The van der Waals surface area contributed by atoms with E-state index in [-0.39, 0.29) is 0 Å². The van der Waals surface area contributed by atoms with E-state index in [0.717, 1.165) is 37.7 Å². The lowest BCUT2D eigenvalue weighted by Gasteiger charge is -2.17. The van der Waals surface area contributed by atoms with Crippen molar-refractivity contribution in [3.8, 4) is 11.3 Å². The number of hydrogen-bond donors (Lipinski definition) is 1. The number of rotatable bonds is 2. The third kappa shape index (κ3) is 1.67. The molecule has 3 rings (SSSR count). The Labute approximate surface area is 100 Å². The Kier molecular flexibility index (Phi) is 2.48. The molecule has 0 atom stereocenters. The van der Waals surface area contributed by atoms with Gasteiger partial charge in [-0.1, -0.05) is 0 Å². The largest absolute Gasteiger partial charge is 0.326 e. The quantitative estimate of drug-likeness (QED) is 0.844. The van der Waals surface area contributed by atoms with Gasteiger partial charge in [0, 0.05) is 31.4 Å². The molecule has 2 aromatic heterocycles. The minimum atomic E-state index is 0.862. The highest BCUT2D eigenvalue weighted by Crippen LogP contribution is 2.24. The minimum Gasteiger partial charge on any atom is -0.326 e. The van der Waals surface area contributed by atoms with Crippen LogP contribution in [0.25, 0.3) is 11.3 Å². The van der Waals surface area contributed by atoms with E-state index in [2.05, 4.69) is 40.0 Å². The highest BCUT2D eigenvalue weighted by molar-refractivity contribution is 5.61. The van der Waals surface area contributed by atoms with Crippen molar-refractivity contribution in [3.63, 3.8) is 0 Å². The van der Waals surface area contributed by atoms with Gasteiger partial charge >= 0.3 is 0 Å². The van der Waals surface area contributed by atoms with Crippen LogP contribution in [0.1, 0.15) is 18.4 Å². The van der Waals surface area contributed by atoms with Crippen LogP contribution in [0.2, 0.25) is 0 Å². The zero-order valence-corrected chi connectivity index (χ0v) is 10.3. The highest BCUT2D eigenvalue weighted by Gasteiger charge is 2.17. The maximum atomic E-state index is 4.49. The van der Waals surface area contributed by atoms with Gasteiger partial charge in [0.25, 0.3) is 0 Å². The molecule has 1 aliphatic heterocycles. The fraction of sp³-hybridized carbons (Fsp3) is 0.500. The summed E-state index contributed by atoms with van der Waals surface area (Å²) in [6.07, 6.45) is 4.08. The van der Waals surface area contributed by atoms with E-state index in [1.165, 1.54) is 11.3 Å². The predicted octanol–water partition coefficient (Wildman–Crippen LogP) is 1.18. The van der Waals surface area contributed by atoms with Crippen LogP contribution in [0.15, 0.2) is 12.4 Å². The number of aromatic nitrogens is 4. The Balaban J connectivity index is 2.08. The molecule has 1 aliphatic rings. The Bertz CT molecular complexity index is 537. The lowest BCUT2D eigenvalue weighted by atomic mass is 10.2. The number of nitrogens with one attached hydrogen (secondary N) is 1. The molecular formula is C12H17N5. The van der Waals surface area contributed by atoms with Crippen LogP contribution in [0, 0.1) is 6.92 Å². The number of hydrogen-bond acceptors (Lipinski definition) is 3. The first-order valence-electron chi connectivity index (χ1n) is 6.09. The van der Waals surface area contributed by atoms with Gasteiger partial charge in [-0.25, -0.2) is 4.98 Å². The van der Waals surface area contributed by atoms with Gasteiger partial charge in [0.15, 0.2) is 0 Å². The first kappa shape index (κ1) is 10.5. The molecule has 2 aromatic rings. The summed E-state index contributed by atoms with van der Waals surface area (Å²) in [5.41, 5.74) is 3.47. The molecule has 0 bridgehead atoms. The third-order valence-electron chi connectivity index (χ3n) is 3.28. The fourth-order valence-corrected chi connectivity index (χ4v) is 2.34. The van der Waals surface area contributed by atoms with E-state index in [0.29, 0.717) is 0 Å². The average Bonchev–Trinajstić information content (AvgIpc) is 2.92. The molecule has 0 saturated carbocycles. The van der Waals surface area contributed by atoms with Crippen molar-refractivity contribution in [1.82, 2.24) is 24.6 Å². The molecular weight excluding hydrogens is 214 g/mol. The van der Waals surface area contributed by atoms with Crippen molar-refractivity contribution in [2.75, 3.05) is 6.54 Å². The molecule has 0 aromatic carbocycles. The standard InChI is InChI=1S/C12H17N5/c1-3-16-8-10(9(2)15-16)11-6-14-12-7-13-4-5-17(11)12/h6,8,13H,3-5,7H2,1-2H3. The van der Waals surface area contributed by atoms with Crippen LogP contribution >= 0.6 is 0 Å². The fourth-order valence-electron chi connectivity index (χ4n) is 2.34. The molecule has 0 fully saturated rings. The van der Waals surface area contributed by atoms with Crippen molar-refractivity contribution < 1.29 is 0 Å². The molecule has 0 radical (unpaired) electrons. The van der Waals surface area contributed by atoms with Crippen molar-refractivity contribution in [2.24, 2.45) is 0 Å². The molecule has 5 heteroatoms. The van der Waals surface area contributed by atoms with Crippen LogP contribution in [-0.2, 0) is 19.6 Å². The SMILES string of the molecule is CCn1cc(-c2cnc3n2CCNC3)c(C)n1. The zero-order valence-electron chi connectivity index (χ0n) is 10.3. The molecule has 0 spiro atoms. The Morgan fingerprint density at radius 3 is 3.12 bits per heavy atom. The number of fused-ring (bicyclic) bond motifs is 1. The van der Waals surface area contributed by atoms with E-state index < -0.39 is 0 Å². The summed E-state index contributed by atoms with van der Waals surface area (Å²) in [5, 5.41) is 7.83. The second-order valence-electron chi connectivity index (χ2n) is 4.37. The summed E-state index contributed by atoms with van der Waals surface area (Å²) in [4.78, 5) is 4.47. The van der Waals surface area contributed by atoms with Gasteiger partial charge in [0.1, 0.15) is 5.82 Å². The molecule has 90 valence electrons. The summed E-state index contributed by atoms with van der Waals surface area (Å²) in [6.45, 7) is 7.93. The van der Waals surface area contributed by atoms with Gasteiger partial charge in [-0.3, -0.25) is 4.68 Å². The second kappa shape index (κ2) is 4.00. The lowest BCUT2D eigenvalue weighted by molar-refractivity contribution is 0.508. The number of aryl methyl sites for hydroxylation is 2.